The Hall–Kier alpha value is -1.60. The van der Waals surface area contributed by atoms with Crippen molar-refractivity contribution in [2.75, 3.05) is 38.3 Å². The molecule has 0 bridgehead atoms. The van der Waals surface area contributed by atoms with Gasteiger partial charge in [0.1, 0.15) is 0 Å². The van der Waals surface area contributed by atoms with Crippen LogP contribution in [0.2, 0.25) is 0 Å². The molecule has 2 aromatic carbocycles. The summed E-state index contributed by atoms with van der Waals surface area (Å²) in [5.74, 6) is 0.0146. The molecule has 156 valence electrons. The number of halogens is 1. The lowest BCUT2D eigenvalue weighted by molar-refractivity contribution is 0.0986. The van der Waals surface area contributed by atoms with Gasteiger partial charge < -0.3 is 4.90 Å². The zero-order chi connectivity index (χ0) is 20.3. The molecule has 3 rings (SSSR count). The molecule has 1 aromatic heterocycles. The van der Waals surface area contributed by atoms with Crippen LogP contribution in [0.15, 0.2) is 41.3 Å². The highest BCUT2D eigenvalue weighted by Gasteiger charge is 2.22. The Labute approximate surface area is 187 Å². The topological polar surface area (TPSA) is 36.4 Å². The summed E-state index contributed by atoms with van der Waals surface area (Å²) in [6.45, 7) is 5.76. The van der Waals surface area contributed by atoms with Gasteiger partial charge in [-0.25, -0.2) is 4.98 Å². The van der Waals surface area contributed by atoms with E-state index in [0.29, 0.717) is 12.1 Å². The molecule has 1 amide bonds. The molecule has 0 saturated carbocycles. The predicted molar refractivity (Wildman–Crippen MR) is 129 cm³/mol. The molecule has 0 aliphatic carbocycles. The largest absolute Gasteiger partial charge is 0.309 e. The lowest BCUT2D eigenvalue weighted by Crippen LogP contribution is -2.33. The fraction of sp³-hybridized carbons (Fsp3) is 0.364. The number of aromatic nitrogens is 1. The Bertz CT molecular complexity index is 931. The van der Waals surface area contributed by atoms with Crippen molar-refractivity contribution in [3.63, 3.8) is 0 Å². The van der Waals surface area contributed by atoms with Crippen molar-refractivity contribution >= 4 is 56.8 Å². The monoisotopic (exact) mass is 449 g/mol. The molecule has 0 fully saturated rings. The number of rotatable bonds is 7. The molecule has 1 heterocycles. The van der Waals surface area contributed by atoms with Crippen LogP contribution in [0, 0.1) is 13.8 Å². The SMILES string of the molecule is CSc1ccc(C(=O)N(CCCN(C)C)c2nc3c(C)ccc(C)c3s2)cc1.Cl. The summed E-state index contributed by atoms with van der Waals surface area (Å²) < 4.78 is 1.16. The molecule has 0 unspecified atom stereocenters. The third-order valence-corrected chi connectivity index (χ3v) is 6.69. The van der Waals surface area contributed by atoms with Crippen molar-refractivity contribution in [3.8, 4) is 0 Å². The molecule has 4 nitrogen and oxygen atoms in total. The quantitative estimate of drug-likeness (QED) is 0.436. The van der Waals surface area contributed by atoms with Crippen molar-refractivity contribution in [3.05, 3.63) is 53.1 Å². The highest BCUT2D eigenvalue weighted by molar-refractivity contribution is 7.98. The fourth-order valence-corrected chi connectivity index (χ4v) is 4.63. The first-order chi connectivity index (χ1) is 13.4. The van der Waals surface area contributed by atoms with Crippen LogP contribution in [0.1, 0.15) is 27.9 Å². The van der Waals surface area contributed by atoms with Gasteiger partial charge in [0.25, 0.3) is 5.91 Å². The maximum absolute atomic E-state index is 13.3. The van der Waals surface area contributed by atoms with E-state index in [0.717, 1.165) is 38.8 Å². The number of thiazole rings is 1. The Morgan fingerprint density at radius 1 is 1.03 bits per heavy atom. The molecule has 0 aliphatic rings. The second kappa shape index (κ2) is 10.4. The summed E-state index contributed by atoms with van der Waals surface area (Å²) >= 11 is 3.29. The lowest BCUT2D eigenvalue weighted by Gasteiger charge is -2.21. The Kier molecular flexibility index (Phi) is 8.52. The standard InChI is InChI=1S/C22H27N3OS2.ClH/c1-15-7-8-16(2)20-19(15)23-22(28-20)25(14-6-13-24(3)4)21(26)17-9-11-18(27-5)12-10-17;/h7-12H,6,13-14H2,1-5H3;1H. The molecule has 0 aliphatic heterocycles. The molecule has 0 N–H and O–H groups in total. The van der Waals surface area contributed by atoms with E-state index in [1.165, 1.54) is 5.56 Å². The average molecular weight is 450 g/mol. The summed E-state index contributed by atoms with van der Waals surface area (Å²) in [6, 6.07) is 12.1. The van der Waals surface area contributed by atoms with Crippen LogP contribution in [0.3, 0.4) is 0 Å². The molecule has 3 aromatic rings. The smallest absolute Gasteiger partial charge is 0.260 e. The number of nitrogens with zero attached hydrogens (tertiary/aromatic N) is 3. The van der Waals surface area contributed by atoms with Crippen molar-refractivity contribution in [1.29, 1.82) is 0 Å². The van der Waals surface area contributed by atoms with E-state index >= 15 is 0 Å². The predicted octanol–water partition coefficient (Wildman–Crippen LogP) is 5.66. The normalized spacial score (nSPS) is 11.0. The minimum Gasteiger partial charge on any atom is -0.309 e. The van der Waals surface area contributed by atoms with E-state index in [9.17, 15) is 4.79 Å². The second-order valence-corrected chi connectivity index (χ2v) is 9.07. The Morgan fingerprint density at radius 3 is 2.28 bits per heavy atom. The van der Waals surface area contributed by atoms with Gasteiger partial charge in [-0.2, -0.15) is 0 Å². The van der Waals surface area contributed by atoms with Crippen LogP contribution < -0.4 is 4.90 Å². The van der Waals surface area contributed by atoms with E-state index in [2.05, 4.69) is 45.0 Å². The maximum atomic E-state index is 13.3. The minimum atomic E-state index is 0. The molecule has 7 heteroatoms. The number of amides is 1. The van der Waals surface area contributed by atoms with Crippen LogP contribution in [0.4, 0.5) is 5.13 Å². The zero-order valence-electron chi connectivity index (χ0n) is 17.6. The summed E-state index contributed by atoms with van der Waals surface area (Å²) in [6.07, 6.45) is 2.94. The van der Waals surface area contributed by atoms with E-state index in [-0.39, 0.29) is 18.3 Å². The van der Waals surface area contributed by atoms with Gasteiger partial charge in [-0.3, -0.25) is 9.69 Å². The van der Waals surface area contributed by atoms with Crippen LogP contribution in [-0.4, -0.2) is 49.2 Å². The highest BCUT2D eigenvalue weighted by atomic mass is 35.5. The second-order valence-electron chi connectivity index (χ2n) is 7.22. The molecule has 29 heavy (non-hydrogen) atoms. The number of hydrogen-bond acceptors (Lipinski definition) is 5. The number of carbonyl (C=O) groups is 1. The van der Waals surface area contributed by atoms with Crippen molar-refractivity contribution in [1.82, 2.24) is 9.88 Å². The molecule has 0 atom stereocenters. The van der Waals surface area contributed by atoms with Crippen LogP contribution in [0.25, 0.3) is 10.2 Å². The van der Waals surface area contributed by atoms with Gasteiger partial charge in [0.05, 0.1) is 10.2 Å². The highest BCUT2D eigenvalue weighted by Crippen LogP contribution is 2.34. The summed E-state index contributed by atoms with van der Waals surface area (Å²) in [5, 5.41) is 0.782. The third kappa shape index (κ3) is 5.51. The average Bonchev–Trinajstić information content (AvgIpc) is 3.14. The van der Waals surface area contributed by atoms with Crippen LogP contribution >= 0.6 is 35.5 Å². The van der Waals surface area contributed by atoms with Crippen molar-refractivity contribution in [2.24, 2.45) is 0 Å². The van der Waals surface area contributed by atoms with Gasteiger partial charge in [0, 0.05) is 17.0 Å². The van der Waals surface area contributed by atoms with Gasteiger partial charge >= 0.3 is 0 Å². The van der Waals surface area contributed by atoms with E-state index in [4.69, 9.17) is 4.98 Å². The number of fused-ring (bicyclic) bond motifs is 1. The van der Waals surface area contributed by atoms with Gasteiger partial charge in [-0.05, 0) is 82.6 Å². The van der Waals surface area contributed by atoms with E-state index < -0.39 is 0 Å². The number of hydrogen-bond donors (Lipinski definition) is 0. The third-order valence-electron chi connectivity index (χ3n) is 4.73. The molecule has 0 spiro atoms. The Morgan fingerprint density at radius 2 is 1.69 bits per heavy atom. The van der Waals surface area contributed by atoms with Crippen molar-refractivity contribution in [2.45, 2.75) is 25.2 Å². The summed E-state index contributed by atoms with van der Waals surface area (Å²) in [4.78, 5) is 23.3. The summed E-state index contributed by atoms with van der Waals surface area (Å²) in [7, 11) is 4.11. The molecular weight excluding hydrogens is 422 g/mol. The molecule has 0 saturated heterocycles. The number of anilines is 1. The fourth-order valence-electron chi connectivity index (χ4n) is 3.08. The van der Waals surface area contributed by atoms with Gasteiger partial charge in [0.15, 0.2) is 5.13 Å². The van der Waals surface area contributed by atoms with Crippen LogP contribution in [-0.2, 0) is 0 Å². The first kappa shape index (κ1) is 23.7. The lowest BCUT2D eigenvalue weighted by atomic mass is 10.1. The van der Waals surface area contributed by atoms with Crippen molar-refractivity contribution < 1.29 is 4.79 Å². The maximum Gasteiger partial charge on any atom is 0.260 e. The van der Waals surface area contributed by atoms with E-state index in [1.807, 2.05) is 35.4 Å². The first-order valence-electron chi connectivity index (χ1n) is 9.38. The number of aryl methyl sites for hydroxylation is 2. The number of benzene rings is 2. The minimum absolute atomic E-state index is 0. The first-order valence-corrected chi connectivity index (χ1v) is 11.4. The van der Waals surface area contributed by atoms with Crippen LogP contribution in [0.5, 0.6) is 0 Å². The Balaban J connectivity index is 0.00000300. The molecule has 0 radical (unpaired) electrons. The number of carbonyl (C=O) groups excluding carboxylic acids is 1. The zero-order valence-corrected chi connectivity index (χ0v) is 20.0. The summed E-state index contributed by atoms with van der Waals surface area (Å²) in [5.41, 5.74) is 4.06. The van der Waals surface area contributed by atoms with Gasteiger partial charge in [0.2, 0.25) is 0 Å². The van der Waals surface area contributed by atoms with Gasteiger partial charge in [-0.15, -0.1) is 24.2 Å². The molecular formula is C22H28ClN3OS2. The van der Waals surface area contributed by atoms with Gasteiger partial charge in [-0.1, -0.05) is 23.5 Å². The van der Waals surface area contributed by atoms with E-state index in [1.54, 1.807) is 23.1 Å². The number of thioether (sulfide) groups is 1.